The molecule has 5 aromatic carbocycles. The lowest BCUT2D eigenvalue weighted by molar-refractivity contribution is 0.658. The first-order chi connectivity index (χ1) is 23.0. The molecule has 0 amide bonds. The van der Waals surface area contributed by atoms with Gasteiger partial charge in [0.05, 0.1) is 11.6 Å². The third-order valence-corrected chi connectivity index (χ3v) is 9.01. The maximum absolute atomic E-state index is 9.94. The quantitative estimate of drug-likeness (QED) is 0.196. The van der Waals surface area contributed by atoms with Crippen LogP contribution in [0.3, 0.4) is 0 Å². The molecular weight excluding hydrogens is 574 g/mol. The smallest absolute Gasteiger partial charge is 0.164 e. The molecule has 1 aliphatic rings. The fourth-order valence-corrected chi connectivity index (χ4v) is 6.71. The van der Waals surface area contributed by atoms with E-state index in [1.54, 1.807) is 6.20 Å². The third-order valence-electron chi connectivity index (χ3n) is 9.01. The number of aromatic nitrogens is 4. The minimum atomic E-state index is -0.319. The summed E-state index contributed by atoms with van der Waals surface area (Å²) < 4.78 is 0. The summed E-state index contributed by atoms with van der Waals surface area (Å²) in [6.07, 6.45) is 3.67. The highest BCUT2D eigenvalue weighted by atomic mass is 15.0. The van der Waals surface area contributed by atoms with Crippen LogP contribution in [0.1, 0.15) is 30.5 Å². The summed E-state index contributed by atoms with van der Waals surface area (Å²) >= 11 is 0. The second kappa shape index (κ2) is 11.3. The third kappa shape index (κ3) is 4.97. The van der Waals surface area contributed by atoms with Crippen LogP contribution in [0.2, 0.25) is 0 Å². The number of benzene rings is 5. The summed E-state index contributed by atoms with van der Waals surface area (Å²) in [5.41, 5.74) is 11.9. The van der Waals surface area contributed by atoms with E-state index < -0.39 is 0 Å². The zero-order chi connectivity index (χ0) is 32.0. The fourth-order valence-electron chi connectivity index (χ4n) is 6.71. The Kier molecular flexibility index (Phi) is 6.78. The monoisotopic (exact) mass is 603 g/mol. The lowest BCUT2D eigenvalue weighted by Crippen LogP contribution is -2.16. The van der Waals surface area contributed by atoms with Crippen LogP contribution in [0.15, 0.2) is 140 Å². The molecule has 5 nitrogen and oxygen atoms in total. The molecule has 222 valence electrons. The molecule has 2 aromatic heterocycles. The highest BCUT2D eigenvalue weighted by Gasteiger charge is 2.37. The van der Waals surface area contributed by atoms with Crippen molar-refractivity contribution in [3.05, 3.63) is 156 Å². The molecular formula is C42H29N5. The van der Waals surface area contributed by atoms with Gasteiger partial charge < -0.3 is 0 Å². The van der Waals surface area contributed by atoms with Gasteiger partial charge >= 0.3 is 0 Å². The van der Waals surface area contributed by atoms with Gasteiger partial charge in [-0.25, -0.2) is 15.0 Å². The Morgan fingerprint density at radius 3 is 1.72 bits per heavy atom. The molecule has 5 heteroatoms. The predicted octanol–water partition coefficient (Wildman–Crippen LogP) is 9.78. The maximum Gasteiger partial charge on any atom is 0.164 e. The maximum atomic E-state index is 9.94. The fraction of sp³-hybridized carbons (Fsp3) is 0.0714. The average molecular weight is 604 g/mol. The van der Waals surface area contributed by atoms with Gasteiger partial charge in [0.2, 0.25) is 0 Å². The van der Waals surface area contributed by atoms with Crippen LogP contribution in [0.5, 0.6) is 0 Å². The Labute approximate surface area is 273 Å². The minimum Gasteiger partial charge on any atom is -0.264 e. The van der Waals surface area contributed by atoms with Gasteiger partial charge in [-0.2, -0.15) is 5.26 Å². The minimum absolute atomic E-state index is 0.319. The van der Waals surface area contributed by atoms with E-state index in [9.17, 15) is 5.26 Å². The topological polar surface area (TPSA) is 75.3 Å². The van der Waals surface area contributed by atoms with Gasteiger partial charge in [-0.15, -0.1) is 0 Å². The number of fused-ring (bicyclic) bond motifs is 3. The molecule has 0 aliphatic heterocycles. The van der Waals surface area contributed by atoms with E-state index in [1.165, 1.54) is 11.1 Å². The Bertz CT molecular complexity index is 2260. The van der Waals surface area contributed by atoms with Crippen molar-refractivity contribution < 1.29 is 0 Å². The highest BCUT2D eigenvalue weighted by Crippen LogP contribution is 2.51. The molecule has 2 heterocycles. The molecule has 8 rings (SSSR count). The van der Waals surface area contributed by atoms with Crippen molar-refractivity contribution in [1.29, 1.82) is 5.26 Å². The van der Waals surface area contributed by atoms with Gasteiger partial charge in [-0.05, 0) is 75.3 Å². The Hall–Kier alpha value is -6.25. The number of hydrogen-bond donors (Lipinski definition) is 0. The average Bonchev–Trinajstić information content (AvgIpc) is 3.38. The summed E-state index contributed by atoms with van der Waals surface area (Å²) in [6, 6.07) is 45.7. The van der Waals surface area contributed by atoms with Crippen molar-refractivity contribution in [1.82, 2.24) is 19.9 Å². The van der Waals surface area contributed by atoms with Crippen molar-refractivity contribution in [3.8, 4) is 73.6 Å². The highest BCUT2D eigenvalue weighted by molar-refractivity contribution is 5.87. The Balaban J connectivity index is 1.33. The van der Waals surface area contributed by atoms with Crippen molar-refractivity contribution in [2.75, 3.05) is 0 Å². The first-order valence-corrected chi connectivity index (χ1v) is 15.6. The van der Waals surface area contributed by atoms with Crippen LogP contribution < -0.4 is 0 Å². The van der Waals surface area contributed by atoms with Crippen LogP contribution in [-0.2, 0) is 5.41 Å². The van der Waals surface area contributed by atoms with E-state index in [-0.39, 0.29) is 5.41 Å². The standard InChI is InChI=1S/C42H29N5/c1-42(2)37-24-29(18-19-35(37)36-17-9-15-30(25-43)38(36)42)32-21-33(31-16-10-20-44-26-31)23-34(22-32)41-46-39(27-11-5-3-6-12-27)45-40(47-41)28-13-7-4-8-14-28/h3-24,26H,1-2H3. The number of pyridine rings is 1. The van der Waals surface area contributed by atoms with Crippen LogP contribution in [0, 0.1) is 11.3 Å². The number of hydrogen-bond acceptors (Lipinski definition) is 5. The molecule has 0 radical (unpaired) electrons. The molecule has 0 saturated heterocycles. The summed E-state index contributed by atoms with van der Waals surface area (Å²) in [5.74, 6) is 1.83. The SMILES string of the molecule is CC1(C)c2cc(-c3cc(-c4cccnc4)cc(-c4nc(-c5ccccc5)nc(-c5ccccc5)n4)c3)ccc2-c2cccc(C#N)c21. The van der Waals surface area contributed by atoms with Gasteiger partial charge in [0.1, 0.15) is 0 Å². The summed E-state index contributed by atoms with van der Waals surface area (Å²) in [6.45, 7) is 4.42. The second-order valence-corrected chi connectivity index (χ2v) is 12.3. The van der Waals surface area contributed by atoms with E-state index >= 15 is 0 Å². The summed E-state index contributed by atoms with van der Waals surface area (Å²) in [4.78, 5) is 19.4. The first kappa shape index (κ1) is 28.2. The largest absolute Gasteiger partial charge is 0.264 e. The van der Waals surface area contributed by atoms with Gasteiger partial charge in [-0.3, -0.25) is 4.98 Å². The number of rotatable bonds is 5. The van der Waals surface area contributed by atoms with Crippen LogP contribution in [0.25, 0.3) is 67.5 Å². The van der Waals surface area contributed by atoms with Crippen molar-refractivity contribution in [2.24, 2.45) is 0 Å². The zero-order valence-corrected chi connectivity index (χ0v) is 26.0. The van der Waals surface area contributed by atoms with Crippen LogP contribution in [-0.4, -0.2) is 19.9 Å². The molecule has 47 heavy (non-hydrogen) atoms. The molecule has 0 saturated carbocycles. The lowest BCUT2D eigenvalue weighted by Gasteiger charge is -2.23. The second-order valence-electron chi connectivity index (χ2n) is 12.3. The lowest BCUT2D eigenvalue weighted by atomic mass is 9.79. The predicted molar refractivity (Wildman–Crippen MR) is 187 cm³/mol. The normalized spacial score (nSPS) is 12.6. The summed E-state index contributed by atoms with van der Waals surface area (Å²) in [5, 5.41) is 9.94. The Morgan fingerprint density at radius 1 is 0.511 bits per heavy atom. The van der Waals surface area contributed by atoms with Gasteiger partial charge in [0, 0.05) is 40.1 Å². The van der Waals surface area contributed by atoms with E-state index in [2.05, 4.69) is 73.4 Å². The van der Waals surface area contributed by atoms with Gasteiger partial charge in [-0.1, -0.05) is 105 Å². The van der Waals surface area contributed by atoms with Crippen molar-refractivity contribution >= 4 is 0 Å². The van der Waals surface area contributed by atoms with Crippen molar-refractivity contribution in [3.63, 3.8) is 0 Å². The van der Waals surface area contributed by atoms with Gasteiger partial charge in [0.15, 0.2) is 17.5 Å². The molecule has 0 atom stereocenters. The van der Waals surface area contributed by atoms with Crippen LogP contribution >= 0.6 is 0 Å². The van der Waals surface area contributed by atoms with E-state index in [4.69, 9.17) is 15.0 Å². The molecule has 0 fully saturated rings. The number of nitriles is 1. The van der Waals surface area contributed by atoms with Crippen LogP contribution in [0.4, 0.5) is 0 Å². The van der Waals surface area contributed by atoms with Crippen molar-refractivity contribution in [2.45, 2.75) is 19.3 Å². The Morgan fingerprint density at radius 2 is 1.11 bits per heavy atom. The van der Waals surface area contributed by atoms with E-state index in [1.807, 2.05) is 85.1 Å². The molecule has 0 bridgehead atoms. The van der Waals surface area contributed by atoms with Gasteiger partial charge in [0.25, 0.3) is 0 Å². The molecule has 7 aromatic rings. The molecule has 0 N–H and O–H groups in total. The molecule has 1 aliphatic carbocycles. The number of nitrogens with zero attached hydrogens (tertiary/aromatic N) is 5. The van der Waals surface area contributed by atoms with E-state index in [0.717, 1.165) is 55.6 Å². The first-order valence-electron chi connectivity index (χ1n) is 15.6. The molecule has 0 spiro atoms. The molecule has 0 unspecified atom stereocenters. The summed E-state index contributed by atoms with van der Waals surface area (Å²) in [7, 11) is 0. The zero-order valence-electron chi connectivity index (χ0n) is 26.0. The van der Waals surface area contributed by atoms with E-state index in [0.29, 0.717) is 17.5 Å².